The van der Waals surface area contributed by atoms with Gasteiger partial charge in [-0.3, -0.25) is 4.79 Å². The summed E-state index contributed by atoms with van der Waals surface area (Å²) in [6, 6.07) is 22.4. The summed E-state index contributed by atoms with van der Waals surface area (Å²) in [5.41, 5.74) is 3.43. The number of amides is 1. The lowest BCUT2D eigenvalue weighted by Gasteiger charge is -2.26. The first-order chi connectivity index (χ1) is 20.2. The number of nitrogens with one attached hydrogen (secondary N) is 1. The van der Waals surface area contributed by atoms with E-state index in [4.69, 9.17) is 23.2 Å². The van der Waals surface area contributed by atoms with Gasteiger partial charge < -0.3 is 5.32 Å². The first-order valence-electron chi connectivity index (χ1n) is 13.2. The van der Waals surface area contributed by atoms with Crippen molar-refractivity contribution in [2.75, 3.05) is 0 Å². The Morgan fingerprint density at radius 3 is 2.26 bits per heavy atom. The van der Waals surface area contributed by atoms with E-state index in [2.05, 4.69) is 16.6 Å². The van der Waals surface area contributed by atoms with Crippen molar-refractivity contribution >= 4 is 44.8 Å². The van der Waals surface area contributed by atoms with Crippen LogP contribution in [0.15, 0.2) is 95.0 Å². The number of hydrogen-bond acceptors (Lipinski definition) is 5. The second-order valence-electron chi connectivity index (χ2n) is 10.0. The van der Waals surface area contributed by atoms with Crippen LogP contribution in [0.5, 0.6) is 0 Å². The fourth-order valence-electron chi connectivity index (χ4n) is 5.10. The molecule has 11 heteroatoms. The maximum absolute atomic E-state index is 13.9. The summed E-state index contributed by atoms with van der Waals surface area (Å²) in [4.78, 5) is 24.2. The Morgan fingerprint density at radius 2 is 1.60 bits per heavy atom. The molecular formula is C31H26Cl2FN3O4S. The number of benzene rings is 4. The molecule has 0 heterocycles. The van der Waals surface area contributed by atoms with Crippen molar-refractivity contribution in [1.82, 2.24) is 9.62 Å². The third-order valence-corrected chi connectivity index (χ3v) is 9.54. The number of nitroso groups, excluding NO2 is 1. The molecule has 0 fully saturated rings. The Labute approximate surface area is 253 Å². The zero-order valence-electron chi connectivity index (χ0n) is 22.3. The molecule has 1 amide bonds. The highest BCUT2D eigenvalue weighted by Crippen LogP contribution is 2.38. The predicted molar refractivity (Wildman–Crippen MR) is 161 cm³/mol. The number of hydrogen-bond donors (Lipinski definition) is 1. The van der Waals surface area contributed by atoms with Gasteiger partial charge in [-0.1, -0.05) is 71.7 Å². The molecule has 4 aromatic carbocycles. The van der Waals surface area contributed by atoms with E-state index in [9.17, 15) is 22.5 Å². The number of carbonyl (C=O) groups is 1. The van der Waals surface area contributed by atoms with Gasteiger partial charge in [0.2, 0.25) is 10.0 Å². The van der Waals surface area contributed by atoms with Crippen LogP contribution in [-0.2, 0) is 29.5 Å². The van der Waals surface area contributed by atoms with Crippen molar-refractivity contribution < 1.29 is 17.6 Å². The molecule has 0 radical (unpaired) electrons. The lowest BCUT2D eigenvalue weighted by atomic mass is 9.87. The largest absolute Gasteiger partial charge is 0.345 e. The van der Waals surface area contributed by atoms with Crippen LogP contribution in [0, 0.1) is 10.7 Å². The van der Waals surface area contributed by atoms with E-state index < -0.39 is 26.4 Å². The van der Waals surface area contributed by atoms with E-state index in [-0.39, 0.29) is 35.1 Å². The topological polar surface area (TPSA) is 95.9 Å². The summed E-state index contributed by atoms with van der Waals surface area (Å²) in [5.74, 6) is -0.692. The molecule has 1 atom stereocenters. The highest BCUT2D eigenvalue weighted by Gasteiger charge is 2.30. The van der Waals surface area contributed by atoms with Crippen LogP contribution >= 0.6 is 23.2 Å². The van der Waals surface area contributed by atoms with Crippen LogP contribution in [0.3, 0.4) is 0 Å². The van der Waals surface area contributed by atoms with Crippen LogP contribution in [0.25, 0.3) is 0 Å². The first kappa shape index (κ1) is 29.8. The molecule has 1 aliphatic carbocycles. The third-order valence-electron chi connectivity index (χ3n) is 7.22. The minimum atomic E-state index is -4.37. The standard InChI is InChI=1S/C31H26Cl2FN3O4S/c32-24-16-27(33)30(36-39)29(17-24)42(40,41)37(19-21-10-14-25(34)15-11-21)18-20-8-12-23(13-9-20)31(38)35-28-7-3-5-22-4-1-2-6-26(22)28/h1-2,4,6,8-17,28H,3,5,7,18-19H2,(H,35,38). The summed E-state index contributed by atoms with van der Waals surface area (Å²) < 4.78 is 42.4. The van der Waals surface area contributed by atoms with Crippen molar-refractivity contribution in [2.24, 2.45) is 5.18 Å². The van der Waals surface area contributed by atoms with Gasteiger partial charge in [-0.2, -0.15) is 4.31 Å². The van der Waals surface area contributed by atoms with E-state index in [0.29, 0.717) is 16.7 Å². The highest BCUT2D eigenvalue weighted by molar-refractivity contribution is 7.89. The Kier molecular flexibility index (Phi) is 9.03. The molecule has 216 valence electrons. The van der Waals surface area contributed by atoms with Crippen LogP contribution in [0.4, 0.5) is 10.1 Å². The molecule has 7 nitrogen and oxygen atoms in total. The molecule has 1 aliphatic rings. The maximum Gasteiger partial charge on any atom is 0.251 e. The third kappa shape index (κ3) is 6.55. The molecule has 0 saturated carbocycles. The number of halogens is 3. The molecular weight excluding hydrogens is 600 g/mol. The predicted octanol–water partition coefficient (Wildman–Crippen LogP) is 7.73. The Bertz CT molecular complexity index is 1730. The smallest absolute Gasteiger partial charge is 0.251 e. The Morgan fingerprint density at radius 1 is 0.952 bits per heavy atom. The van der Waals surface area contributed by atoms with Crippen molar-refractivity contribution in [3.8, 4) is 0 Å². The van der Waals surface area contributed by atoms with E-state index in [1.165, 1.54) is 35.9 Å². The van der Waals surface area contributed by atoms with Gasteiger partial charge in [0.05, 0.1) is 11.1 Å². The SMILES string of the molecule is O=Nc1c(Cl)cc(Cl)cc1S(=O)(=O)N(Cc1ccc(F)cc1)Cc1ccc(C(=O)NC2CCCc3ccccc32)cc1. The Balaban J connectivity index is 1.40. The molecule has 4 aromatic rings. The van der Waals surface area contributed by atoms with Gasteiger partial charge in [0.25, 0.3) is 5.91 Å². The molecule has 42 heavy (non-hydrogen) atoms. The lowest BCUT2D eigenvalue weighted by molar-refractivity contribution is 0.0932. The van der Waals surface area contributed by atoms with E-state index in [1.807, 2.05) is 18.2 Å². The van der Waals surface area contributed by atoms with Gasteiger partial charge in [0.15, 0.2) is 0 Å². The molecule has 0 saturated heterocycles. The fourth-order valence-corrected chi connectivity index (χ4v) is 7.33. The van der Waals surface area contributed by atoms with Crippen molar-refractivity contribution in [1.29, 1.82) is 0 Å². The molecule has 1 N–H and O–H groups in total. The molecule has 0 aromatic heterocycles. The minimum absolute atomic E-state index is 0.0173. The molecule has 0 spiro atoms. The van der Waals surface area contributed by atoms with E-state index >= 15 is 0 Å². The Hall–Kier alpha value is -3.63. The number of fused-ring (bicyclic) bond motifs is 1. The summed E-state index contributed by atoms with van der Waals surface area (Å²) in [6.45, 7) is -0.269. The number of sulfonamides is 1. The quantitative estimate of drug-likeness (QED) is 0.192. The summed E-state index contributed by atoms with van der Waals surface area (Å²) in [7, 11) is -4.37. The van der Waals surface area contributed by atoms with Gasteiger partial charge in [0.1, 0.15) is 16.4 Å². The average molecular weight is 627 g/mol. The fraction of sp³-hybridized carbons (Fsp3) is 0.194. The van der Waals surface area contributed by atoms with Crippen molar-refractivity contribution in [3.05, 3.63) is 134 Å². The van der Waals surface area contributed by atoms with Crippen LogP contribution < -0.4 is 5.32 Å². The van der Waals surface area contributed by atoms with Gasteiger partial charge in [-0.25, -0.2) is 12.8 Å². The van der Waals surface area contributed by atoms with E-state index in [1.54, 1.807) is 24.3 Å². The number of rotatable bonds is 9. The van der Waals surface area contributed by atoms with Crippen molar-refractivity contribution in [2.45, 2.75) is 43.3 Å². The van der Waals surface area contributed by atoms with Gasteiger partial charge in [0, 0.05) is 23.7 Å². The van der Waals surface area contributed by atoms with Gasteiger partial charge >= 0.3 is 0 Å². The second-order valence-corrected chi connectivity index (χ2v) is 12.8. The summed E-state index contributed by atoms with van der Waals surface area (Å²) >= 11 is 12.2. The normalized spacial score (nSPS) is 14.8. The van der Waals surface area contributed by atoms with E-state index in [0.717, 1.165) is 35.2 Å². The summed E-state index contributed by atoms with van der Waals surface area (Å²) in [5, 5.41) is 5.77. The highest BCUT2D eigenvalue weighted by atomic mass is 35.5. The maximum atomic E-state index is 13.9. The number of nitrogens with zero attached hydrogens (tertiary/aromatic N) is 2. The van der Waals surface area contributed by atoms with Gasteiger partial charge in [-0.05, 0) is 83.1 Å². The minimum Gasteiger partial charge on any atom is -0.345 e. The molecule has 0 bridgehead atoms. The average Bonchev–Trinajstić information content (AvgIpc) is 2.98. The molecule has 5 rings (SSSR count). The van der Waals surface area contributed by atoms with Gasteiger partial charge in [-0.15, -0.1) is 4.91 Å². The first-order valence-corrected chi connectivity index (χ1v) is 15.4. The zero-order valence-corrected chi connectivity index (χ0v) is 24.6. The second kappa shape index (κ2) is 12.7. The molecule has 1 unspecified atom stereocenters. The number of carbonyl (C=O) groups excluding carboxylic acids is 1. The van der Waals surface area contributed by atoms with Crippen LogP contribution in [0.1, 0.15) is 51.5 Å². The monoisotopic (exact) mass is 625 g/mol. The molecule has 0 aliphatic heterocycles. The lowest BCUT2D eigenvalue weighted by Crippen LogP contribution is -2.31. The van der Waals surface area contributed by atoms with Crippen LogP contribution in [-0.4, -0.2) is 18.6 Å². The summed E-state index contributed by atoms with van der Waals surface area (Å²) in [6.07, 6.45) is 2.82. The zero-order chi connectivity index (χ0) is 29.9. The van der Waals surface area contributed by atoms with Crippen molar-refractivity contribution in [3.63, 3.8) is 0 Å². The van der Waals surface area contributed by atoms with Crippen LogP contribution in [0.2, 0.25) is 10.0 Å². The number of aryl methyl sites for hydroxylation is 1.